The maximum absolute atomic E-state index is 4.59. The Morgan fingerprint density at radius 3 is 2.71 bits per heavy atom. The smallest absolute Gasteiger partial charge is 0.173 e. The Morgan fingerprint density at radius 2 is 1.81 bits per heavy atom. The van der Waals surface area contributed by atoms with Crippen LogP contribution in [0.3, 0.4) is 0 Å². The van der Waals surface area contributed by atoms with E-state index in [1.165, 1.54) is 29.5 Å². The number of hydrogen-bond acceptors (Lipinski definition) is 5. The first-order chi connectivity index (χ1) is 15.4. The van der Waals surface area contributed by atoms with Gasteiger partial charge in [-0.2, -0.15) is 0 Å². The van der Waals surface area contributed by atoms with Crippen molar-refractivity contribution < 1.29 is 0 Å². The van der Waals surface area contributed by atoms with Gasteiger partial charge in [-0.05, 0) is 64.6 Å². The van der Waals surface area contributed by atoms with Crippen LogP contribution in [0.5, 0.6) is 0 Å². The van der Waals surface area contributed by atoms with Crippen molar-refractivity contribution in [2.45, 2.75) is 50.7 Å². The molecule has 1 fully saturated rings. The van der Waals surface area contributed by atoms with Gasteiger partial charge in [0.1, 0.15) is 0 Å². The summed E-state index contributed by atoms with van der Waals surface area (Å²) in [5.74, 6) is 0.967. The Kier molecular flexibility index (Phi) is 4.72. The molecule has 1 unspecified atom stereocenters. The van der Waals surface area contributed by atoms with E-state index in [4.69, 9.17) is 0 Å². The van der Waals surface area contributed by atoms with Crippen molar-refractivity contribution in [1.29, 1.82) is 0 Å². The lowest BCUT2D eigenvalue weighted by Gasteiger charge is -2.35. The Labute approximate surface area is 181 Å². The van der Waals surface area contributed by atoms with Crippen molar-refractivity contribution >= 4 is 10.9 Å². The zero-order chi connectivity index (χ0) is 20.6. The highest BCUT2D eigenvalue weighted by Gasteiger charge is 2.33. The van der Waals surface area contributed by atoms with Crippen molar-refractivity contribution in [2.24, 2.45) is 0 Å². The van der Waals surface area contributed by atoms with Gasteiger partial charge >= 0.3 is 0 Å². The van der Waals surface area contributed by atoms with Gasteiger partial charge < -0.3 is 0 Å². The first-order valence-corrected chi connectivity index (χ1v) is 11.3. The summed E-state index contributed by atoms with van der Waals surface area (Å²) in [6.45, 7) is 1.90. The van der Waals surface area contributed by atoms with Crippen LogP contribution in [-0.4, -0.2) is 36.6 Å². The third kappa shape index (κ3) is 3.41. The predicted octanol–water partition coefficient (Wildman–Crippen LogP) is 4.48. The van der Waals surface area contributed by atoms with Crippen molar-refractivity contribution in [3.8, 4) is 0 Å². The van der Waals surface area contributed by atoms with Crippen LogP contribution in [0.4, 0.5) is 0 Å². The second-order valence-electron chi connectivity index (χ2n) is 8.77. The molecule has 1 aliphatic carbocycles. The lowest BCUT2D eigenvalue weighted by molar-refractivity contribution is 0.192. The molecular formula is C25H26N6. The summed E-state index contributed by atoms with van der Waals surface area (Å²) in [6.07, 6.45) is 7.74. The average Bonchev–Trinajstić information content (AvgIpc) is 3.51. The number of hydrogen-bond donors (Lipinski definition) is 0. The van der Waals surface area contributed by atoms with Gasteiger partial charge in [0.2, 0.25) is 0 Å². The number of rotatable bonds is 4. The minimum Gasteiger partial charge on any atom is -0.285 e. The molecule has 6 nitrogen and oxygen atoms in total. The average molecular weight is 411 g/mol. The highest BCUT2D eigenvalue weighted by molar-refractivity contribution is 5.79. The number of nitrogens with zero attached hydrogens (tertiary/aromatic N) is 6. The molecule has 4 aromatic rings. The van der Waals surface area contributed by atoms with Gasteiger partial charge in [-0.15, -0.1) is 5.10 Å². The summed E-state index contributed by atoms with van der Waals surface area (Å²) >= 11 is 0. The summed E-state index contributed by atoms with van der Waals surface area (Å²) in [4.78, 5) is 7.05. The lowest BCUT2D eigenvalue weighted by Crippen LogP contribution is -2.36. The minimum absolute atomic E-state index is 0.0218. The molecule has 0 bridgehead atoms. The molecule has 1 atom stereocenters. The molecule has 1 aliphatic heterocycles. The zero-order valence-electron chi connectivity index (χ0n) is 17.6. The molecule has 0 amide bonds. The first kappa shape index (κ1) is 18.6. The Morgan fingerprint density at radius 1 is 0.935 bits per heavy atom. The molecule has 1 saturated carbocycles. The molecule has 2 aliphatic rings. The highest BCUT2D eigenvalue weighted by atomic mass is 15.6. The molecule has 0 spiro atoms. The number of aromatic nitrogens is 5. The van der Waals surface area contributed by atoms with E-state index in [0.29, 0.717) is 6.04 Å². The van der Waals surface area contributed by atoms with Crippen LogP contribution >= 0.6 is 0 Å². The van der Waals surface area contributed by atoms with Gasteiger partial charge in [0.25, 0.3) is 0 Å². The van der Waals surface area contributed by atoms with Gasteiger partial charge in [-0.1, -0.05) is 49.2 Å². The molecule has 6 rings (SSSR count). The quantitative estimate of drug-likeness (QED) is 0.496. The normalized spacial score (nSPS) is 18.3. The van der Waals surface area contributed by atoms with Crippen molar-refractivity contribution in [3.05, 3.63) is 83.3 Å². The molecule has 31 heavy (non-hydrogen) atoms. The third-order valence-corrected chi connectivity index (χ3v) is 6.90. The maximum atomic E-state index is 4.59. The zero-order valence-corrected chi connectivity index (χ0v) is 17.6. The van der Waals surface area contributed by atoms with E-state index in [1.807, 2.05) is 12.3 Å². The fourth-order valence-corrected chi connectivity index (χ4v) is 5.31. The lowest BCUT2D eigenvalue weighted by atomic mass is 9.95. The maximum Gasteiger partial charge on any atom is 0.173 e. The second-order valence-corrected chi connectivity index (χ2v) is 8.77. The highest BCUT2D eigenvalue weighted by Crippen LogP contribution is 2.36. The van der Waals surface area contributed by atoms with Crippen LogP contribution in [0.2, 0.25) is 0 Å². The van der Waals surface area contributed by atoms with E-state index in [9.17, 15) is 0 Å². The fourth-order valence-electron chi connectivity index (χ4n) is 5.31. The van der Waals surface area contributed by atoms with Gasteiger partial charge in [0.05, 0.1) is 17.6 Å². The number of benzene rings is 2. The Hall–Kier alpha value is -3.12. The first-order valence-electron chi connectivity index (χ1n) is 11.3. The van der Waals surface area contributed by atoms with Gasteiger partial charge in [0, 0.05) is 24.7 Å². The van der Waals surface area contributed by atoms with E-state index >= 15 is 0 Å². The summed E-state index contributed by atoms with van der Waals surface area (Å²) in [5.41, 5.74) is 5.11. The second kappa shape index (κ2) is 7.85. The standard InChI is InChI=1S/C25H26N6/c1-2-7-21-17-30(15-13-18(21)6-1)24(20-11-12-23-19(16-20)8-5-14-26-23)25-27-28-29-31(25)22-9-3-4-10-22/h1-2,5-8,11-12,14,16,22,24H,3-4,9-10,13,15,17H2. The molecule has 0 saturated heterocycles. The van der Waals surface area contributed by atoms with E-state index in [0.717, 1.165) is 49.1 Å². The Balaban J connectivity index is 1.46. The molecule has 0 radical (unpaired) electrons. The van der Waals surface area contributed by atoms with Gasteiger partial charge in [-0.3, -0.25) is 9.88 Å². The summed E-state index contributed by atoms with van der Waals surface area (Å²) in [7, 11) is 0. The van der Waals surface area contributed by atoms with Crippen LogP contribution in [0.25, 0.3) is 10.9 Å². The Bertz CT molecular complexity index is 1210. The number of tetrazole rings is 1. The van der Waals surface area contributed by atoms with Gasteiger partial charge in [-0.25, -0.2) is 4.68 Å². The van der Waals surface area contributed by atoms with Crippen LogP contribution in [-0.2, 0) is 13.0 Å². The number of pyridine rings is 1. The van der Waals surface area contributed by atoms with E-state index in [2.05, 4.69) is 78.6 Å². The molecule has 2 aromatic carbocycles. The van der Waals surface area contributed by atoms with E-state index < -0.39 is 0 Å². The van der Waals surface area contributed by atoms with Crippen LogP contribution < -0.4 is 0 Å². The largest absolute Gasteiger partial charge is 0.285 e. The molecule has 6 heteroatoms. The topological polar surface area (TPSA) is 59.7 Å². The summed E-state index contributed by atoms with van der Waals surface area (Å²) < 4.78 is 2.12. The minimum atomic E-state index is 0.0218. The molecule has 3 heterocycles. The predicted molar refractivity (Wildman–Crippen MR) is 119 cm³/mol. The molecule has 0 N–H and O–H groups in total. The third-order valence-electron chi connectivity index (χ3n) is 6.90. The monoisotopic (exact) mass is 410 g/mol. The number of fused-ring (bicyclic) bond motifs is 2. The summed E-state index contributed by atoms with van der Waals surface area (Å²) in [6, 6.07) is 19.9. The van der Waals surface area contributed by atoms with Crippen LogP contribution in [0, 0.1) is 0 Å². The van der Waals surface area contributed by atoms with Gasteiger partial charge in [0.15, 0.2) is 5.82 Å². The van der Waals surface area contributed by atoms with Crippen molar-refractivity contribution in [2.75, 3.05) is 6.54 Å². The van der Waals surface area contributed by atoms with E-state index in [1.54, 1.807) is 0 Å². The van der Waals surface area contributed by atoms with E-state index in [-0.39, 0.29) is 6.04 Å². The SMILES string of the molecule is c1ccc2c(c1)CCN(C(c1ccc3ncccc3c1)c1nnnn1C1CCCC1)C2. The van der Waals surface area contributed by atoms with Crippen molar-refractivity contribution in [3.63, 3.8) is 0 Å². The van der Waals surface area contributed by atoms with Crippen LogP contribution in [0.1, 0.15) is 60.3 Å². The van der Waals surface area contributed by atoms with Crippen LogP contribution in [0.15, 0.2) is 60.8 Å². The molecule has 156 valence electrons. The molecule has 2 aromatic heterocycles. The van der Waals surface area contributed by atoms with Crippen molar-refractivity contribution in [1.82, 2.24) is 30.1 Å². The molecular weight excluding hydrogens is 384 g/mol. The summed E-state index contributed by atoms with van der Waals surface area (Å²) in [5, 5.41) is 14.3. The fraction of sp³-hybridized carbons (Fsp3) is 0.360.